The molecule has 2 aromatic carbocycles. The van der Waals surface area contributed by atoms with Crippen molar-refractivity contribution in [1.82, 2.24) is 4.72 Å². The molecule has 1 aliphatic rings. The molecule has 0 radical (unpaired) electrons. The van der Waals surface area contributed by atoms with Gasteiger partial charge in [-0.05, 0) is 48.9 Å². The molecule has 1 unspecified atom stereocenters. The van der Waals surface area contributed by atoms with Crippen molar-refractivity contribution in [1.29, 1.82) is 0 Å². The molecule has 0 bridgehead atoms. The molecule has 3 rings (SSSR count). The Morgan fingerprint density at radius 3 is 2.53 bits per heavy atom. The molecule has 172 valence electrons. The van der Waals surface area contributed by atoms with E-state index in [0.29, 0.717) is 17.1 Å². The maximum absolute atomic E-state index is 12.7. The van der Waals surface area contributed by atoms with Gasteiger partial charge in [0.25, 0.3) is 0 Å². The molecule has 1 saturated heterocycles. The number of nitrogens with zero attached hydrogens (tertiary/aromatic N) is 1. The van der Waals surface area contributed by atoms with Crippen LogP contribution in [0.3, 0.4) is 0 Å². The lowest BCUT2D eigenvalue weighted by Gasteiger charge is -2.20. The molecular formula is C22H27N3O6S. The number of benzene rings is 2. The number of anilines is 2. The molecule has 2 aromatic rings. The van der Waals surface area contributed by atoms with Crippen molar-refractivity contribution in [2.24, 2.45) is 5.92 Å². The second kappa shape index (κ2) is 10.1. The van der Waals surface area contributed by atoms with E-state index < -0.39 is 15.9 Å². The quantitative estimate of drug-likeness (QED) is 0.552. The first kappa shape index (κ1) is 23.7. The third kappa shape index (κ3) is 5.45. The van der Waals surface area contributed by atoms with Crippen LogP contribution in [0.15, 0.2) is 47.4 Å². The Bertz CT molecular complexity index is 1090. The van der Waals surface area contributed by atoms with Gasteiger partial charge in [0.1, 0.15) is 5.75 Å². The molecule has 1 aliphatic heterocycles. The number of hydrogen-bond donors (Lipinski definition) is 2. The first-order chi connectivity index (χ1) is 15.2. The molecule has 1 fully saturated rings. The number of ether oxygens (including phenoxy) is 2. The van der Waals surface area contributed by atoms with E-state index in [-0.39, 0.29) is 42.8 Å². The van der Waals surface area contributed by atoms with E-state index in [4.69, 9.17) is 9.47 Å². The molecule has 10 heteroatoms. The van der Waals surface area contributed by atoms with Crippen LogP contribution in [0.4, 0.5) is 11.4 Å². The standard InChI is InChI=1S/C22H27N3O6S/c1-15-4-9-20(31-3)19(12-15)25-14-16(13-21(25)26)22(27)24-17-5-7-18(8-6-17)32(28,29)23-10-11-30-2/h4-9,12,16,23H,10-11,13-14H2,1-3H3,(H,24,27). The van der Waals surface area contributed by atoms with Gasteiger partial charge in [0.15, 0.2) is 0 Å². The third-order valence-electron chi connectivity index (χ3n) is 5.15. The lowest BCUT2D eigenvalue weighted by atomic mass is 10.1. The molecule has 2 amide bonds. The highest BCUT2D eigenvalue weighted by atomic mass is 32.2. The Labute approximate surface area is 187 Å². The van der Waals surface area contributed by atoms with Crippen LogP contribution in [0.25, 0.3) is 0 Å². The summed E-state index contributed by atoms with van der Waals surface area (Å²) in [6.07, 6.45) is 0.0822. The van der Waals surface area contributed by atoms with E-state index in [1.54, 1.807) is 11.0 Å². The number of carbonyl (C=O) groups is 2. The minimum absolute atomic E-state index is 0.0822. The number of amides is 2. The van der Waals surface area contributed by atoms with Crippen molar-refractivity contribution >= 4 is 33.2 Å². The zero-order chi connectivity index (χ0) is 23.3. The summed E-state index contributed by atoms with van der Waals surface area (Å²) >= 11 is 0. The molecule has 0 saturated carbocycles. The van der Waals surface area contributed by atoms with Gasteiger partial charge in [0, 0.05) is 32.3 Å². The van der Waals surface area contributed by atoms with Crippen LogP contribution in [0.2, 0.25) is 0 Å². The minimum atomic E-state index is -3.65. The molecular weight excluding hydrogens is 434 g/mol. The average molecular weight is 462 g/mol. The van der Waals surface area contributed by atoms with E-state index >= 15 is 0 Å². The fourth-order valence-electron chi connectivity index (χ4n) is 3.45. The predicted molar refractivity (Wildman–Crippen MR) is 120 cm³/mol. The van der Waals surface area contributed by atoms with Crippen molar-refractivity contribution in [3.63, 3.8) is 0 Å². The van der Waals surface area contributed by atoms with Crippen molar-refractivity contribution in [2.45, 2.75) is 18.2 Å². The third-order valence-corrected chi connectivity index (χ3v) is 6.63. The van der Waals surface area contributed by atoms with Gasteiger partial charge in [-0.2, -0.15) is 0 Å². The number of rotatable bonds is 9. The van der Waals surface area contributed by atoms with Crippen LogP contribution >= 0.6 is 0 Å². The van der Waals surface area contributed by atoms with Crippen LogP contribution in [0, 0.1) is 12.8 Å². The second-order valence-corrected chi connectivity index (χ2v) is 9.25. The number of methoxy groups -OCH3 is 2. The normalized spacial score (nSPS) is 16.3. The van der Waals surface area contributed by atoms with Gasteiger partial charge in [-0.25, -0.2) is 13.1 Å². The molecule has 0 spiro atoms. The fourth-order valence-corrected chi connectivity index (χ4v) is 4.46. The highest BCUT2D eigenvalue weighted by Gasteiger charge is 2.36. The summed E-state index contributed by atoms with van der Waals surface area (Å²) in [6, 6.07) is 11.4. The maximum atomic E-state index is 12.7. The second-order valence-electron chi connectivity index (χ2n) is 7.48. The lowest BCUT2D eigenvalue weighted by molar-refractivity contribution is -0.122. The van der Waals surface area contributed by atoms with Crippen LogP contribution < -0.4 is 19.7 Å². The van der Waals surface area contributed by atoms with Crippen molar-refractivity contribution in [3.05, 3.63) is 48.0 Å². The highest BCUT2D eigenvalue weighted by Crippen LogP contribution is 2.34. The summed E-state index contributed by atoms with van der Waals surface area (Å²) in [5, 5.41) is 2.76. The van der Waals surface area contributed by atoms with Gasteiger partial charge in [-0.3, -0.25) is 9.59 Å². The smallest absolute Gasteiger partial charge is 0.240 e. The Hall–Kier alpha value is -2.95. The minimum Gasteiger partial charge on any atom is -0.495 e. The van der Waals surface area contributed by atoms with Crippen molar-refractivity contribution in [2.75, 3.05) is 44.1 Å². The Balaban J connectivity index is 1.66. The summed E-state index contributed by atoms with van der Waals surface area (Å²) in [7, 11) is -0.631. The van der Waals surface area contributed by atoms with Gasteiger partial charge < -0.3 is 19.7 Å². The van der Waals surface area contributed by atoms with E-state index in [9.17, 15) is 18.0 Å². The van der Waals surface area contributed by atoms with Crippen molar-refractivity contribution in [3.8, 4) is 5.75 Å². The molecule has 1 atom stereocenters. The Morgan fingerprint density at radius 2 is 1.88 bits per heavy atom. The van der Waals surface area contributed by atoms with Crippen LogP contribution in [0.1, 0.15) is 12.0 Å². The van der Waals surface area contributed by atoms with Gasteiger partial charge in [0.05, 0.1) is 30.2 Å². The Kier molecular flexibility index (Phi) is 7.49. The molecule has 0 aromatic heterocycles. The van der Waals surface area contributed by atoms with Gasteiger partial charge >= 0.3 is 0 Å². The molecule has 1 heterocycles. The largest absolute Gasteiger partial charge is 0.495 e. The fraction of sp³-hybridized carbons (Fsp3) is 0.364. The number of carbonyl (C=O) groups excluding carboxylic acids is 2. The number of nitrogens with one attached hydrogen (secondary N) is 2. The molecule has 0 aliphatic carbocycles. The van der Waals surface area contributed by atoms with Crippen LogP contribution in [-0.2, 0) is 24.3 Å². The summed E-state index contributed by atoms with van der Waals surface area (Å²) in [6.45, 7) is 2.58. The molecule has 9 nitrogen and oxygen atoms in total. The lowest BCUT2D eigenvalue weighted by Crippen LogP contribution is -2.28. The maximum Gasteiger partial charge on any atom is 0.240 e. The SMILES string of the molecule is COCCNS(=O)(=O)c1ccc(NC(=O)C2CC(=O)N(c3cc(C)ccc3OC)C2)cc1. The first-order valence-corrected chi connectivity index (χ1v) is 11.6. The summed E-state index contributed by atoms with van der Waals surface area (Å²) in [4.78, 5) is 27.0. The summed E-state index contributed by atoms with van der Waals surface area (Å²) in [5.74, 6) is -0.424. The van der Waals surface area contributed by atoms with E-state index in [1.807, 2.05) is 19.1 Å². The van der Waals surface area contributed by atoms with Crippen LogP contribution in [0.5, 0.6) is 5.75 Å². The average Bonchev–Trinajstić information content (AvgIpc) is 3.16. The van der Waals surface area contributed by atoms with Gasteiger partial charge in [0.2, 0.25) is 21.8 Å². The summed E-state index contributed by atoms with van der Waals surface area (Å²) in [5.41, 5.74) is 2.07. The molecule has 2 N–H and O–H groups in total. The zero-order valence-corrected chi connectivity index (χ0v) is 19.1. The first-order valence-electron chi connectivity index (χ1n) is 10.1. The van der Waals surface area contributed by atoms with Gasteiger partial charge in [-0.15, -0.1) is 0 Å². The van der Waals surface area contributed by atoms with E-state index in [2.05, 4.69) is 10.0 Å². The highest BCUT2D eigenvalue weighted by molar-refractivity contribution is 7.89. The van der Waals surface area contributed by atoms with Crippen LogP contribution in [-0.4, -0.2) is 54.1 Å². The monoisotopic (exact) mass is 461 g/mol. The Morgan fingerprint density at radius 1 is 1.16 bits per heavy atom. The van der Waals surface area contributed by atoms with E-state index in [1.165, 1.54) is 38.5 Å². The summed E-state index contributed by atoms with van der Waals surface area (Å²) < 4.78 is 37.1. The predicted octanol–water partition coefficient (Wildman–Crippen LogP) is 1.92. The number of sulfonamides is 1. The zero-order valence-electron chi connectivity index (χ0n) is 18.3. The van der Waals surface area contributed by atoms with Crippen molar-refractivity contribution < 1.29 is 27.5 Å². The van der Waals surface area contributed by atoms with E-state index in [0.717, 1.165) is 5.56 Å². The number of hydrogen-bond acceptors (Lipinski definition) is 6. The van der Waals surface area contributed by atoms with Gasteiger partial charge in [-0.1, -0.05) is 6.07 Å². The topological polar surface area (TPSA) is 114 Å². The number of aryl methyl sites for hydroxylation is 1. The molecule has 32 heavy (non-hydrogen) atoms.